The van der Waals surface area contributed by atoms with Gasteiger partial charge in [0.2, 0.25) is 5.91 Å². The number of nitrogens with one attached hydrogen (secondary N) is 1. The third kappa shape index (κ3) is 4.01. The van der Waals surface area contributed by atoms with Gasteiger partial charge in [-0.05, 0) is 27.8 Å². The molecule has 1 N–H and O–H groups in total. The molecule has 7 nitrogen and oxygen atoms in total. The van der Waals surface area contributed by atoms with Crippen LogP contribution in [0.25, 0.3) is 0 Å². The summed E-state index contributed by atoms with van der Waals surface area (Å²) in [6.45, 7) is 11.0. The highest BCUT2D eigenvalue weighted by Crippen LogP contribution is 2.16. The molecule has 0 aliphatic carbocycles. The lowest BCUT2D eigenvalue weighted by Gasteiger charge is -2.43. The van der Waals surface area contributed by atoms with E-state index in [0.717, 1.165) is 26.2 Å². The summed E-state index contributed by atoms with van der Waals surface area (Å²) in [6, 6.07) is -0.337. The molecule has 1 aliphatic rings. The standard InChI is InChI=1S/C14H26N6O/c1-12(20-11-15-10-17-20)13(21)16-9-14(2,3)19-7-5-18(4)6-8-19/h10-12H,5-9H2,1-4H3,(H,16,21)/t12-/m0/s1. The highest BCUT2D eigenvalue weighted by molar-refractivity contribution is 5.79. The highest BCUT2D eigenvalue weighted by atomic mass is 16.2. The van der Waals surface area contributed by atoms with Gasteiger partial charge >= 0.3 is 0 Å². The molecule has 7 heteroatoms. The average molecular weight is 294 g/mol. The van der Waals surface area contributed by atoms with Crippen molar-refractivity contribution in [3.63, 3.8) is 0 Å². The van der Waals surface area contributed by atoms with E-state index >= 15 is 0 Å². The first-order valence-electron chi connectivity index (χ1n) is 7.45. The molecule has 0 spiro atoms. The quantitative estimate of drug-likeness (QED) is 0.827. The van der Waals surface area contributed by atoms with Gasteiger partial charge < -0.3 is 10.2 Å². The van der Waals surface area contributed by atoms with Gasteiger partial charge in [0.1, 0.15) is 18.7 Å². The van der Waals surface area contributed by atoms with E-state index in [1.54, 1.807) is 11.0 Å². The van der Waals surface area contributed by atoms with E-state index in [2.05, 4.69) is 46.1 Å². The fourth-order valence-corrected chi connectivity index (χ4v) is 2.51. The van der Waals surface area contributed by atoms with Crippen LogP contribution in [0.4, 0.5) is 0 Å². The first kappa shape index (κ1) is 15.9. The van der Waals surface area contributed by atoms with Gasteiger partial charge in [0.05, 0.1) is 0 Å². The van der Waals surface area contributed by atoms with E-state index < -0.39 is 0 Å². The Labute approximate surface area is 126 Å². The van der Waals surface area contributed by atoms with Crippen LogP contribution in [0.1, 0.15) is 26.8 Å². The summed E-state index contributed by atoms with van der Waals surface area (Å²) in [5.74, 6) is -0.0253. The second-order valence-corrected chi connectivity index (χ2v) is 6.37. The number of hydrogen-bond donors (Lipinski definition) is 1. The first-order chi connectivity index (χ1) is 9.90. The van der Waals surface area contributed by atoms with E-state index in [1.165, 1.54) is 6.33 Å². The number of aromatic nitrogens is 3. The zero-order chi connectivity index (χ0) is 15.5. The zero-order valence-corrected chi connectivity index (χ0v) is 13.4. The Hall–Kier alpha value is -1.47. The van der Waals surface area contributed by atoms with Crippen LogP contribution in [0.15, 0.2) is 12.7 Å². The molecule has 1 amide bonds. The molecule has 21 heavy (non-hydrogen) atoms. The summed E-state index contributed by atoms with van der Waals surface area (Å²) in [4.78, 5) is 20.8. The number of likely N-dealkylation sites (N-methyl/N-ethyl adjacent to an activating group) is 1. The van der Waals surface area contributed by atoms with Crippen LogP contribution in [-0.2, 0) is 4.79 Å². The number of hydrogen-bond acceptors (Lipinski definition) is 5. The molecule has 1 atom stereocenters. The first-order valence-corrected chi connectivity index (χ1v) is 7.45. The van der Waals surface area contributed by atoms with Crippen LogP contribution in [0, 0.1) is 0 Å². The fraction of sp³-hybridized carbons (Fsp3) is 0.786. The Morgan fingerprint density at radius 1 is 1.33 bits per heavy atom. The molecule has 2 heterocycles. The molecular formula is C14H26N6O. The maximum atomic E-state index is 12.2. The third-order valence-corrected chi connectivity index (χ3v) is 4.27. The molecule has 0 aromatic carbocycles. The van der Waals surface area contributed by atoms with Crippen molar-refractivity contribution in [2.45, 2.75) is 32.4 Å². The molecule has 1 saturated heterocycles. The summed E-state index contributed by atoms with van der Waals surface area (Å²) in [7, 11) is 2.14. The van der Waals surface area contributed by atoms with Gasteiger partial charge in [0, 0.05) is 38.3 Å². The summed E-state index contributed by atoms with van der Waals surface area (Å²) in [6.07, 6.45) is 3.01. The van der Waals surface area contributed by atoms with Gasteiger partial charge in [-0.15, -0.1) is 0 Å². The van der Waals surface area contributed by atoms with Gasteiger partial charge in [-0.25, -0.2) is 9.67 Å². The lowest BCUT2D eigenvalue weighted by Crippen LogP contribution is -2.58. The summed E-state index contributed by atoms with van der Waals surface area (Å²) in [5.41, 5.74) is -0.0427. The Balaban J connectivity index is 1.85. The minimum atomic E-state index is -0.337. The maximum absolute atomic E-state index is 12.2. The van der Waals surface area contributed by atoms with Crippen LogP contribution in [0.2, 0.25) is 0 Å². The molecule has 0 radical (unpaired) electrons. The van der Waals surface area contributed by atoms with E-state index in [0.29, 0.717) is 6.54 Å². The summed E-state index contributed by atoms with van der Waals surface area (Å²) >= 11 is 0. The van der Waals surface area contributed by atoms with Crippen molar-refractivity contribution in [1.82, 2.24) is 29.9 Å². The van der Waals surface area contributed by atoms with E-state index in [1.807, 2.05) is 6.92 Å². The monoisotopic (exact) mass is 294 g/mol. The van der Waals surface area contributed by atoms with Crippen LogP contribution >= 0.6 is 0 Å². The van der Waals surface area contributed by atoms with Crippen LogP contribution in [0.3, 0.4) is 0 Å². The molecular weight excluding hydrogens is 268 g/mol. The minimum absolute atomic E-state index is 0.0253. The van der Waals surface area contributed by atoms with Crippen molar-refractivity contribution in [3.05, 3.63) is 12.7 Å². The van der Waals surface area contributed by atoms with Gasteiger partial charge in [-0.2, -0.15) is 5.10 Å². The summed E-state index contributed by atoms with van der Waals surface area (Å²) in [5, 5.41) is 7.05. The third-order valence-electron chi connectivity index (χ3n) is 4.27. The van der Waals surface area contributed by atoms with Gasteiger partial charge in [0.25, 0.3) is 0 Å². The second kappa shape index (κ2) is 6.53. The van der Waals surface area contributed by atoms with Crippen molar-refractivity contribution in [2.24, 2.45) is 0 Å². The van der Waals surface area contributed by atoms with E-state index in [9.17, 15) is 4.79 Å². The average Bonchev–Trinajstić information content (AvgIpc) is 2.98. The summed E-state index contributed by atoms with van der Waals surface area (Å²) < 4.78 is 1.57. The lowest BCUT2D eigenvalue weighted by molar-refractivity contribution is -0.124. The fourth-order valence-electron chi connectivity index (χ4n) is 2.51. The van der Waals surface area contributed by atoms with Crippen molar-refractivity contribution in [1.29, 1.82) is 0 Å². The van der Waals surface area contributed by atoms with Crippen molar-refractivity contribution in [2.75, 3.05) is 39.8 Å². The smallest absolute Gasteiger partial charge is 0.244 e. The Bertz CT molecular complexity index is 450. The van der Waals surface area contributed by atoms with Crippen molar-refractivity contribution < 1.29 is 4.79 Å². The Kier molecular flexibility index (Phi) is 4.95. The maximum Gasteiger partial charge on any atom is 0.244 e. The van der Waals surface area contributed by atoms with Gasteiger partial charge in [-0.1, -0.05) is 0 Å². The number of carbonyl (C=O) groups is 1. The molecule has 0 saturated carbocycles. The predicted octanol–water partition coefficient (Wildman–Crippen LogP) is -0.0187. The van der Waals surface area contributed by atoms with Gasteiger partial charge in [-0.3, -0.25) is 9.69 Å². The molecule has 2 rings (SSSR count). The Morgan fingerprint density at radius 3 is 2.57 bits per heavy atom. The van der Waals surface area contributed by atoms with Crippen LogP contribution < -0.4 is 5.32 Å². The molecule has 0 unspecified atom stereocenters. The predicted molar refractivity (Wildman–Crippen MR) is 80.9 cm³/mol. The number of amides is 1. The van der Waals surface area contributed by atoms with E-state index in [-0.39, 0.29) is 17.5 Å². The van der Waals surface area contributed by atoms with Crippen LogP contribution in [0.5, 0.6) is 0 Å². The van der Waals surface area contributed by atoms with Crippen molar-refractivity contribution in [3.8, 4) is 0 Å². The van der Waals surface area contributed by atoms with Crippen molar-refractivity contribution >= 4 is 5.91 Å². The molecule has 1 aromatic rings. The van der Waals surface area contributed by atoms with E-state index in [4.69, 9.17) is 0 Å². The Morgan fingerprint density at radius 2 is 2.00 bits per heavy atom. The number of piperazine rings is 1. The van der Waals surface area contributed by atoms with Gasteiger partial charge in [0.15, 0.2) is 0 Å². The topological polar surface area (TPSA) is 66.3 Å². The molecule has 1 fully saturated rings. The molecule has 1 aliphatic heterocycles. The molecule has 0 bridgehead atoms. The number of nitrogens with zero attached hydrogens (tertiary/aromatic N) is 5. The zero-order valence-electron chi connectivity index (χ0n) is 13.4. The number of carbonyl (C=O) groups excluding carboxylic acids is 1. The largest absolute Gasteiger partial charge is 0.352 e. The lowest BCUT2D eigenvalue weighted by atomic mass is 10.0. The minimum Gasteiger partial charge on any atom is -0.352 e. The second-order valence-electron chi connectivity index (χ2n) is 6.37. The highest BCUT2D eigenvalue weighted by Gasteiger charge is 2.30. The SMILES string of the molecule is C[C@@H](C(=O)NCC(C)(C)N1CCN(C)CC1)n1cncn1. The molecule has 1 aromatic heterocycles. The van der Waals surface area contributed by atoms with Crippen LogP contribution in [-0.4, -0.2) is 75.8 Å². The molecule has 118 valence electrons. The number of rotatable bonds is 5. The normalized spacial score (nSPS) is 19.4.